The number of halogens is 2. The van der Waals surface area contributed by atoms with Crippen LogP contribution in [0.15, 0.2) is 10.7 Å². The van der Waals surface area contributed by atoms with Crippen LogP contribution in [0.5, 0.6) is 0 Å². The van der Waals surface area contributed by atoms with Gasteiger partial charge in [-0.2, -0.15) is 0 Å². The molecule has 1 aromatic heterocycles. The van der Waals surface area contributed by atoms with Crippen molar-refractivity contribution in [3.8, 4) is 0 Å². The van der Waals surface area contributed by atoms with Gasteiger partial charge in [0.2, 0.25) is 0 Å². The zero-order valence-electron chi connectivity index (χ0n) is 13.8. The molecule has 1 saturated heterocycles. The summed E-state index contributed by atoms with van der Waals surface area (Å²) in [6.07, 6.45) is -0.305. The second kappa shape index (κ2) is 7.41. The number of hydrogen-bond acceptors (Lipinski definition) is 5. The highest BCUT2D eigenvalue weighted by Crippen LogP contribution is 2.26. The van der Waals surface area contributed by atoms with Gasteiger partial charge in [-0.15, -0.1) is 0 Å². The highest BCUT2D eigenvalue weighted by Gasteiger charge is 2.27. The number of anilines is 1. The number of pyridine rings is 1. The van der Waals surface area contributed by atoms with Crippen LogP contribution in [0.25, 0.3) is 0 Å². The van der Waals surface area contributed by atoms with Crippen LogP contribution in [-0.4, -0.2) is 57.6 Å². The average molecular weight is 436 g/mol. The zero-order valence-corrected chi connectivity index (χ0v) is 17.0. The zero-order chi connectivity index (χ0) is 18.1. The van der Waals surface area contributed by atoms with E-state index in [0.717, 1.165) is 0 Å². The molecular weight excluding hydrogens is 416 g/mol. The molecule has 24 heavy (non-hydrogen) atoms. The van der Waals surface area contributed by atoms with Gasteiger partial charge in [0.25, 0.3) is 0 Å². The van der Waals surface area contributed by atoms with Crippen molar-refractivity contribution in [1.82, 2.24) is 14.8 Å². The fourth-order valence-electron chi connectivity index (χ4n) is 2.24. The van der Waals surface area contributed by atoms with Crippen LogP contribution >= 0.6 is 39.7 Å². The van der Waals surface area contributed by atoms with Crippen molar-refractivity contribution >= 4 is 56.6 Å². The predicted octanol–water partition coefficient (Wildman–Crippen LogP) is 3.31. The highest BCUT2D eigenvalue weighted by molar-refractivity contribution is 9.10. The van der Waals surface area contributed by atoms with Crippen LogP contribution in [0.4, 0.5) is 10.6 Å². The van der Waals surface area contributed by atoms with E-state index >= 15 is 0 Å². The predicted molar refractivity (Wildman–Crippen MR) is 102 cm³/mol. The molecule has 6 nitrogen and oxygen atoms in total. The van der Waals surface area contributed by atoms with Crippen molar-refractivity contribution in [2.75, 3.05) is 31.9 Å². The standard InChI is InChI=1S/C15H20BrClN4O2S/c1-15(2,3)23-14(22)21-6-4-20(5-7-21)13(24)9-8-10(17)11(16)19-12(9)18/h8H,4-7H2,1-3H3,(H2,18,19). The first kappa shape index (κ1) is 19.2. The Kier molecular flexibility index (Phi) is 5.93. The lowest BCUT2D eigenvalue weighted by molar-refractivity contribution is 0.0188. The summed E-state index contributed by atoms with van der Waals surface area (Å²) < 4.78 is 5.88. The molecule has 1 fully saturated rings. The Bertz CT molecular complexity index is 658. The van der Waals surface area contributed by atoms with Gasteiger partial charge >= 0.3 is 6.09 Å². The monoisotopic (exact) mass is 434 g/mol. The second-order valence-electron chi connectivity index (χ2n) is 6.45. The number of ether oxygens (including phenoxy) is 1. The minimum absolute atomic E-state index is 0.305. The van der Waals surface area contributed by atoms with Gasteiger partial charge in [0.15, 0.2) is 0 Å². The Balaban J connectivity index is 2.01. The molecule has 0 atom stereocenters. The maximum atomic E-state index is 12.1. The van der Waals surface area contributed by atoms with E-state index in [2.05, 4.69) is 20.9 Å². The molecule has 0 aliphatic carbocycles. The van der Waals surface area contributed by atoms with Gasteiger partial charge in [-0.25, -0.2) is 9.78 Å². The van der Waals surface area contributed by atoms with E-state index in [1.54, 1.807) is 11.0 Å². The molecule has 0 aromatic carbocycles. The molecule has 0 saturated carbocycles. The van der Waals surface area contributed by atoms with Gasteiger partial charge in [-0.1, -0.05) is 23.8 Å². The van der Waals surface area contributed by atoms with E-state index in [1.807, 2.05) is 25.7 Å². The molecule has 9 heteroatoms. The Morgan fingerprint density at radius 3 is 2.42 bits per heavy atom. The van der Waals surface area contributed by atoms with E-state index < -0.39 is 5.60 Å². The summed E-state index contributed by atoms with van der Waals surface area (Å²) in [4.78, 5) is 20.5. The van der Waals surface area contributed by atoms with Crippen molar-refractivity contribution < 1.29 is 9.53 Å². The van der Waals surface area contributed by atoms with Gasteiger partial charge in [0.1, 0.15) is 21.0 Å². The molecule has 132 valence electrons. The number of thiocarbonyl (C=S) groups is 1. The second-order valence-corrected chi connectivity index (χ2v) is 8.00. The Morgan fingerprint density at radius 1 is 1.33 bits per heavy atom. The van der Waals surface area contributed by atoms with Crippen LogP contribution in [0.1, 0.15) is 26.3 Å². The molecule has 1 amide bonds. The Labute approximate surface area is 160 Å². The van der Waals surface area contributed by atoms with Gasteiger partial charge < -0.3 is 20.3 Å². The molecule has 0 spiro atoms. The number of nitrogens with two attached hydrogens (primary N) is 1. The van der Waals surface area contributed by atoms with Crippen molar-refractivity contribution in [2.24, 2.45) is 0 Å². The average Bonchev–Trinajstić information content (AvgIpc) is 2.49. The number of nitrogens with zero attached hydrogens (tertiary/aromatic N) is 3. The van der Waals surface area contributed by atoms with Crippen LogP contribution in [0.3, 0.4) is 0 Å². The third kappa shape index (κ3) is 4.70. The lowest BCUT2D eigenvalue weighted by Crippen LogP contribution is -2.51. The first-order valence-corrected chi connectivity index (χ1v) is 9.05. The number of carbonyl (C=O) groups excluding carboxylic acids is 1. The van der Waals surface area contributed by atoms with Crippen LogP contribution in [-0.2, 0) is 4.74 Å². The Morgan fingerprint density at radius 2 is 1.88 bits per heavy atom. The summed E-state index contributed by atoms with van der Waals surface area (Å²) in [5, 5.41) is 0.453. The van der Waals surface area contributed by atoms with E-state index in [0.29, 0.717) is 52.2 Å². The van der Waals surface area contributed by atoms with E-state index in [1.165, 1.54) is 0 Å². The Hall–Kier alpha value is -1.12. The maximum Gasteiger partial charge on any atom is 0.410 e. The van der Waals surface area contributed by atoms with Gasteiger partial charge in [0, 0.05) is 26.2 Å². The van der Waals surface area contributed by atoms with E-state index in [4.69, 9.17) is 34.3 Å². The van der Waals surface area contributed by atoms with Crippen molar-refractivity contribution in [3.05, 3.63) is 21.3 Å². The molecule has 1 aromatic rings. The molecule has 0 unspecified atom stereocenters. The minimum atomic E-state index is -0.502. The molecule has 0 radical (unpaired) electrons. The summed E-state index contributed by atoms with van der Waals surface area (Å²) in [6, 6.07) is 1.70. The highest BCUT2D eigenvalue weighted by atomic mass is 79.9. The number of carbonyl (C=O) groups is 1. The van der Waals surface area contributed by atoms with Gasteiger partial charge in [0.05, 0.1) is 10.6 Å². The van der Waals surface area contributed by atoms with Crippen LogP contribution in [0, 0.1) is 0 Å². The first-order valence-electron chi connectivity index (χ1n) is 7.47. The number of amides is 1. The van der Waals surface area contributed by atoms with Crippen LogP contribution < -0.4 is 5.73 Å². The molecule has 2 rings (SSSR count). The molecular formula is C15H20BrClN4O2S. The molecule has 0 bridgehead atoms. The molecule has 2 N–H and O–H groups in total. The number of piperazine rings is 1. The third-order valence-corrected chi connectivity index (χ3v) is 5.01. The topological polar surface area (TPSA) is 71.7 Å². The van der Waals surface area contributed by atoms with Crippen LogP contribution in [0.2, 0.25) is 5.02 Å². The fourth-order valence-corrected chi connectivity index (χ4v) is 3.04. The molecule has 1 aliphatic rings. The number of nitrogen functional groups attached to an aromatic ring is 1. The SMILES string of the molecule is CC(C)(C)OC(=O)N1CCN(C(=S)c2cc(Cl)c(Br)nc2N)CC1. The fraction of sp³-hybridized carbons (Fsp3) is 0.533. The smallest absolute Gasteiger partial charge is 0.410 e. The summed E-state index contributed by atoms with van der Waals surface area (Å²) in [6.45, 7) is 7.83. The summed E-state index contributed by atoms with van der Waals surface area (Å²) in [5.74, 6) is 0.325. The summed E-state index contributed by atoms with van der Waals surface area (Å²) in [5.41, 5.74) is 6.07. The first-order chi connectivity index (χ1) is 11.1. The van der Waals surface area contributed by atoms with Gasteiger partial charge in [-0.05, 0) is 42.8 Å². The molecule has 2 heterocycles. The number of aromatic nitrogens is 1. The minimum Gasteiger partial charge on any atom is -0.444 e. The lowest BCUT2D eigenvalue weighted by atomic mass is 10.2. The third-order valence-electron chi connectivity index (χ3n) is 3.41. The van der Waals surface area contributed by atoms with Crippen molar-refractivity contribution in [2.45, 2.75) is 26.4 Å². The van der Waals surface area contributed by atoms with E-state index in [-0.39, 0.29) is 6.09 Å². The van der Waals surface area contributed by atoms with Crippen molar-refractivity contribution in [1.29, 1.82) is 0 Å². The van der Waals surface area contributed by atoms with Gasteiger partial charge in [-0.3, -0.25) is 0 Å². The maximum absolute atomic E-state index is 12.1. The lowest BCUT2D eigenvalue weighted by Gasteiger charge is -2.37. The van der Waals surface area contributed by atoms with E-state index in [9.17, 15) is 4.79 Å². The quantitative estimate of drug-likeness (QED) is 0.539. The number of rotatable bonds is 1. The largest absolute Gasteiger partial charge is 0.444 e. The van der Waals surface area contributed by atoms with Crippen molar-refractivity contribution in [3.63, 3.8) is 0 Å². The normalized spacial score (nSPS) is 15.4. The summed E-state index contributed by atoms with van der Waals surface area (Å²) in [7, 11) is 0. The summed E-state index contributed by atoms with van der Waals surface area (Å²) >= 11 is 14.8. The molecule has 1 aliphatic heterocycles. The number of hydrogen-bond donors (Lipinski definition) is 1.